The molecule has 6 saturated heterocycles. The first-order valence-electron chi connectivity index (χ1n) is 15.0. The van der Waals surface area contributed by atoms with E-state index in [2.05, 4.69) is 56.8 Å². The zero-order valence-electron chi connectivity index (χ0n) is 29.4. The van der Waals surface area contributed by atoms with Gasteiger partial charge in [-0.2, -0.15) is 52.7 Å². The summed E-state index contributed by atoms with van der Waals surface area (Å²) in [5.41, 5.74) is -2.47. The molecule has 6 heterocycles. The van der Waals surface area contributed by atoms with Crippen LogP contribution in [0.3, 0.4) is 0 Å². The first kappa shape index (κ1) is 49.8. The van der Waals surface area contributed by atoms with Crippen LogP contribution in [-0.2, 0) is 56.8 Å². The van der Waals surface area contributed by atoms with Crippen LogP contribution in [0, 0.1) is 0 Å². The fourth-order valence-corrected chi connectivity index (χ4v) is 3.39. The number of alkyl halides is 12. The number of halogens is 12. The molecule has 0 spiro atoms. The van der Waals surface area contributed by atoms with Crippen LogP contribution in [0.25, 0.3) is 0 Å². The Balaban J connectivity index is 0.000000344. The molecule has 6 aliphatic heterocycles. The largest absolute Gasteiger partial charge is 0.511 e. The minimum Gasteiger partial charge on any atom is -0.430 e. The van der Waals surface area contributed by atoms with E-state index in [4.69, 9.17) is 0 Å². The molecule has 0 aliphatic carbocycles. The van der Waals surface area contributed by atoms with E-state index < -0.39 is 123 Å². The molecule has 0 aromatic heterocycles. The minimum absolute atomic E-state index is 0.300. The van der Waals surface area contributed by atoms with Crippen molar-refractivity contribution in [2.45, 2.75) is 121 Å². The first-order chi connectivity index (χ1) is 25.7. The summed E-state index contributed by atoms with van der Waals surface area (Å²) in [6.07, 6.45) is -31.6. The number of rotatable bonds is 0. The van der Waals surface area contributed by atoms with E-state index >= 15 is 0 Å². The maximum Gasteiger partial charge on any atom is 0.511 e. The zero-order chi connectivity index (χ0) is 44.5. The molecule has 6 rings (SSSR count). The van der Waals surface area contributed by atoms with E-state index in [9.17, 15) is 81.5 Å². The molecule has 0 N–H and O–H groups in total. The van der Waals surface area contributed by atoms with Gasteiger partial charge in [-0.3, -0.25) is 0 Å². The highest BCUT2D eigenvalue weighted by atomic mass is 19.4. The van der Waals surface area contributed by atoms with Crippen LogP contribution in [-0.4, -0.2) is 129 Å². The molecule has 6 aliphatic rings. The summed E-state index contributed by atoms with van der Waals surface area (Å²) in [6.45, 7) is 5.94. The zero-order valence-corrected chi connectivity index (χ0v) is 29.4. The van der Waals surface area contributed by atoms with Gasteiger partial charge in [-0.1, -0.05) is 0 Å². The van der Waals surface area contributed by atoms with Crippen LogP contribution in [0.2, 0.25) is 0 Å². The summed E-state index contributed by atoms with van der Waals surface area (Å²) in [6, 6.07) is 0. The molecule has 330 valence electrons. The molecular formula is C27H30F12O18. The standard InChI is InChI=1S/3C5H5F3O3.3C4H5FO3/c1-4(5(6,7)8)2-10-3(9)11-4;2*1-2-3(5(6,7)8)11-4(9)10-2;1-4(5)2-7-3(6)8-4;2*1-2-3(5)8-4(6)7-2/h2H2,1H3;2*2-3H,1H3;2H2,1H3;2*2-3H,1H3/t4-;2-,3+;2-,3-;4-;2-,3+;2-,3-/m101101/s1. The molecule has 0 radical (unpaired) electrons. The molecular weight excluding hydrogens is 840 g/mol. The lowest BCUT2D eigenvalue weighted by Crippen LogP contribution is -2.44. The van der Waals surface area contributed by atoms with Crippen molar-refractivity contribution in [1.29, 1.82) is 0 Å². The fourth-order valence-electron chi connectivity index (χ4n) is 3.39. The van der Waals surface area contributed by atoms with E-state index in [1.807, 2.05) is 0 Å². The first-order valence-corrected chi connectivity index (χ1v) is 15.0. The summed E-state index contributed by atoms with van der Waals surface area (Å²) < 4.78 is 192. The predicted octanol–water partition coefficient (Wildman–Crippen LogP) is 6.93. The van der Waals surface area contributed by atoms with E-state index in [0.29, 0.717) is 0 Å². The molecule has 0 saturated carbocycles. The lowest BCUT2D eigenvalue weighted by molar-refractivity contribution is -0.239. The Kier molecular flexibility index (Phi) is 16.8. The number of carbonyl (C=O) groups is 6. The van der Waals surface area contributed by atoms with Crippen molar-refractivity contribution in [3.8, 4) is 0 Å². The van der Waals surface area contributed by atoms with Crippen molar-refractivity contribution < 1.29 is 138 Å². The monoisotopic (exact) mass is 870 g/mol. The summed E-state index contributed by atoms with van der Waals surface area (Å²) in [4.78, 5) is 60.4. The van der Waals surface area contributed by atoms with Crippen molar-refractivity contribution in [2.24, 2.45) is 0 Å². The van der Waals surface area contributed by atoms with Gasteiger partial charge >= 0.3 is 55.5 Å². The third-order valence-corrected chi connectivity index (χ3v) is 6.35. The molecule has 0 bridgehead atoms. The predicted molar refractivity (Wildman–Crippen MR) is 146 cm³/mol. The quantitative estimate of drug-likeness (QED) is 0.137. The molecule has 0 aromatic carbocycles. The van der Waals surface area contributed by atoms with Crippen molar-refractivity contribution in [3.63, 3.8) is 0 Å². The number of ether oxygens (including phenoxy) is 12. The second-order valence-electron chi connectivity index (χ2n) is 11.5. The van der Waals surface area contributed by atoms with Crippen LogP contribution in [0.1, 0.15) is 41.5 Å². The van der Waals surface area contributed by atoms with Crippen LogP contribution in [0.4, 0.5) is 81.5 Å². The van der Waals surface area contributed by atoms with E-state index in [1.54, 1.807) is 0 Å². The maximum atomic E-state index is 12.3. The molecule has 57 heavy (non-hydrogen) atoms. The normalized spacial score (nSPS) is 33.6. The van der Waals surface area contributed by atoms with Gasteiger partial charge in [0.05, 0.1) is 0 Å². The Hall–Kier alpha value is -5.22. The van der Waals surface area contributed by atoms with Gasteiger partial charge in [-0.25, -0.2) is 28.8 Å². The van der Waals surface area contributed by atoms with Crippen molar-refractivity contribution in [3.05, 3.63) is 0 Å². The molecule has 10 atom stereocenters. The smallest absolute Gasteiger partial charge is 0.430 e. The van der Waals surface area contributed by atoms with Gasteiger partial charge in [0.15, 0.2) is 18.8 Å². The molecule has 0 aromatic rings. The Morgan fingerprint density at radius 2 is 0.789 bits per heavy atom. The summed E-state index contributed by atoms with van der Waals surface area (Å²) in [7, 11) is 0. The molecule has 6 fully saturated rings. The Labute approximate surface area is 310 Å². The lowest BCUT2D eigenvalue weighted by Gasteiger charge is -2.22. The fraction of sp³-hybridized carbons (Fsp3) is 0.778. The summed E-state index contributed by atoms with van der Waals surface area (Å²) in [5.74, 6) is -1.91. The van der Waals surface area contributed by atoms with Gasteiger partial charge in [0.1, 0.15) is 18.8 Å². The van der Waals surface area contributed by atoms with E-state index in [1.165, 1.54) is 13.8 Å². The van der Waals surface area contributed by atoms with E-state index in [-0.39, 0.29) is 6.61 Å². The maximum absolute atomic E-state index is 12.3. The summed E-state index contributed by atoms with van der Waals surface area (Å²) >= 11 is 0. The Morgan fingerprint density at radius 3 is 0.895 bits per heavy atom. The molecule has 18 nitrogen and oxygen atoms in total. The average Bonchev–Trinajstić information content (AvgIpc) is 3.86. The van der Waals surface area contributed by atoms with Gasteiger partial charge in [0.2, 0.25) is 17.8 Å². The second kappa shape index (κ2) is 19.3. The van der Waals surface area contributed by atoms with E-state index in [0.717, 1.165) is 27.7 Å². The van der Waals surface area contributed by atoms with Crippen LogP contribution in [0.5, 0.6) is 0 Å². The number of cyclic esters (lactones) is 12. The van der Waals surface area contributed by atoms with Gasteiger partial charge in [-0.05, 0) is 34.6 Å². The van der Waals surface area contributed by atoms with Gasteiger partial charge < -0.3 is 56.8 Å². The Morgan fingerprint density at radius 1 is 0.474 bits per heavy atom. The minimum atomic E-state index is -4.57. The lowest BCUT2D eigenvalue weighted by atomic mass is 10.1. The van der Waals surface area contributed by atoms with Crippen molar-refractivity contribution >= 4 is 36.9 Å². The van der Waals surface area contributed by atoms with Crippen LogP contribution < -0.4 is 0 Å². The Bertz CT molecular complexity index is 1330. The van der Waals surface area contributed by atoms with Gasteiger partial charge in [0.25, 0.3) is 18.6 Å². The van der Waals surface area contributed by atoms with Crippen molar-refractivity contribution in [1.82, 2.24) is 0 Å². The number of carbonyl (C=O) groups excluding carboxylic acids is 6. The molecule has 0 amide bonds. The number of hydrogen-bond acceptors (Lipinski definition) is 18. The highest BCUT2D eigenvalue weighted by Gasteiger charge is 2.59. The molecule has 30 heteroatoms. The van der Waals surface area contributed by atoms with Gasteiger partial charge in [0, 0.05) is 6.92 Å². The SMILES string of the molecule is C[C@@H]1OC(=O)O[C@H]1C(F)(F)F.C[C@@H]1OC(=O)O[C@H]1F.C[C@H]1OC(=O)O[C@H]1C(F)(F)F.C[C@H]1OC(=O)O[C@H]1F.C[C@]1(C(F)(F)F)COC(=O)O1.C[C@]1(F)COC(=O)O1. The number of hydrogen-bond donors (Lipinski definition) is 0. The molecule has 0 unspecified atom stereocenters. The highest BCUT2D eigenvalue weighted by Crippen LogP contribution is 2.37. The highest BCUT2D eigenvalue weighted by molar-refractivity contribution is 5.64. The van der Waals surface area contributed by atoms with Crippen LogP contribution >= 0.6 is 0 Å². The summed E-state index contributed by atoms with van der Waals surface area (Å²) in [5, 5.41) is 0. The third kappa shape index (κ3) is 16.4. The van der Waals surface area contributed by atoms with Crippen LogP contribution in [0.15, 0.2) is 0 Å². The second-order valence-corrected chi connectivity index (χ2v) is 11.5. The third-order valence-electron chi connectivity index (χ3n) is 6.35. The van der Waals surface area contributed by atoms with Gasteiger partial charge in [-0.15, -0.1) is 0 Å². The topological polar surface area (TPSA) is 213 Å². The van der Waals surface area contributed by atoms with Crippen molar-refractivity contribution in [2.75, 3.05) is 13.2 Å². The average molecular weight is 870 g/mol.